The van der Waals surface area contributed by atoms with Crippen LogP contribution in [0.15, 0.2) is 30.5 Å². The second-order valence-corrected chi connectivity index (χ2v) is 23.2. The van der Waals surface area contributed by atoms with Crippen molar-refractivity contribution >= 4 is 0 Å². The van der Waals surface area contributed by atoms with Crippen LogP contribution in [0.2, 0.25) is 0 Å². The van der Waals surface area contributed by atoms with E-state index in [4.69, 9.17) is 82.2 Å². The van der Waals surface area contributed by atoms with Crippen LogP contribution >= 0.6 is 0 Å². The Morgan fingerprint density at radius 1 is 0.366 bits per heavy atom. The van der Waals surface area contributed by atoms with Crippen molar-refractivity contribution in [2.24, 2.45) is 0 Å². The highest BCUT2D eigenvalue weighted by atomic mass is 16.8. The molecular weight excluding hydrogens is 1270 g/mol. The van der Waals surface area contributed by atoms with E-state index < -0.39 is 261 Å². The SMILES string of the molecule is C#CCOc1cccc(OCc2cn(C[C@H]3O[C@@H]4O[C@H]5[C@H](O)[C@@H](O)[C@@H](O[C@H]6[C@H](O)[C@@H](O)[C@@H](O[C@H]7[C@H](O)[C@@H](O)[C@@H](O[C@H]8[C@H](O)[C@@H](O)[C@@H](O[C@H]9[C@H](O)[C@@H](O)[C@@H](O[C@H]%10[C@H](O)[C@@H](O)[C@@H](O[C@H]3[C@H](O)[C@H]4O)O[C@@H]%10CO)O[C@@H]9CO)O[C@@H]8CO)O[C@@H]7CO)O[C@@H]6CO)O[C@@H]5CO)nn2)c1. The lowest BCUT2D eigenvalue weighted by Gasteiger charge is -2.50. The topological polar surface area (TPSA) is 583 Å². The molecule has 21 aliphatic heterocycles. The highest BCUT2D eigenvalue weighted by Gasteiger charge is 2.60. The lowest BCUT2D eigenvalue weighted by molar-refractivity contribution is -0.396. The molecule has 93 heavy (non-hydrogen) atoms. The Hall–Kier alpha value is -3.84. The standard InChI is InChI=1S/C54H79N3O36/c1-2-6-78-18-4-3-5-19(7-18)79-16-17-8-57(56-55-17)9-20-41-27(64)34(71)48(80-20)88-42-21(10-58)82-50(36(73)29(42)66)90-44-23(12-60)84-52(38(75)31(44)68)92-46-25(14-62)86-54(40(77)33(46)70)93-47-26(15-63)85-53(39(76)32(47)69)91-45-24(13-61)83-51(37(74)30(45)67)89-43-22(11-59)81-49(87-41)35(72)28(43)65/h1,3-5,7-8,20-54,58-77H,6,9-16H2/t20-,21-,22-,23-,24-,25-,26-,27-,28-,29-,30-,31-,32-,33-,34-,35-,36-,37-,38-,39-,40-,41-,42-,43-,44-,45-,46-,47-,48-,49-,50-,51-,52-,53-,54-/m1/s1. The molecule has 1 aromatic heterocycles. The Morgan fingerprint density at radius 3 is 0.892 bits per heavy atom. The maximum Gasteiger partial charge on any atom is 0.187 e. The molecule has 0 saturated carbocycles. The summed E-state index contributed by atoms with van der Waals surface area (Å²) in [5.41, 5.74) is 0.205. The third-order valence-electron chi connectivity index (χ3n) is 17.1. The van der Waals surface area contributed by atoms with Crippen molar-refractivity contribution in [3.8, 4) is 23.8 Å². The zero-order valence-corrected chi connectivity index (χ0v) is 48.9. The summed E-state index contributed by atoms with van der Waals surface area (Å²) in [6.45, 7) is -7.09. The highest BCUT2D eigenvalue weighted by Crippen LogP contribution is 2.39. The molecule has 21 saturated heterocycles. The Labute approximate surface area is 526 Å². The van der Waals surface area contributed by atoms with Gasteiger partial charge in [0.25, 0.3) is 0 Å². The smallest absolute Gasteiger partial charge is 0.187 e. The molecule has 23 rings (SSSR count). The van der Waals surface area contributed by atoms with E-state index >= 15 is 0 Å². The molecule has 39 nitrogen and oxygen atoms in total. The van der Waals surface area contributed by atoms with Crippen LogP contribution in [-0.2, 0) is 79.5 Å². The number of ether oxygens (including phenoxy) is 16. The summed E-state index contributed by atoms with van der Waals surface area (Å²) in [7, 11) is 0. The van der Waals surface area contributed by atoms with Crippen LogP contribution in [0.3, 0.4) is 0 Å². The van der Waals surface area contributed by atoms with E-state index in [1.165, 1.54) is 6.20 Å². The summed E-state index contributed by atoms with van der Waals surface area (Å²) < 4.78 is 94.2. The van der Waals surface area contributed by atoms with Crippen LogP contribution in [-0.4, -0.2) is 378 Å². The molecule has 0 aliphatic carbocycles. The minimum absolute atomic E-state index is 0.0161. The summed E-state index contributed by atoms with van der Waals surface area (Å²) in [6, 6.07) is 6.47. The molecule has 39 heteroatoms. The third-order valence-corrected chi connectivity index (χ3v) is 17.1. The van der Waals surface area contributed by atoms with Gasteiger partial charge in [0, 0.05) is 6.07 Å². The Kier molecular flexibility index (Phi) is 24.2. The average molecular weight is 1350 g/mol. The Morgan fingerprint density at radius 2 is 0.624 bits per heavy atom. The first kappa shape index (κ1) is 71.9. The molecule has 35 atom stereocenters. The molecule has 21 aliphatic rings. The minimum Gasteiger partial charge on any atom is -0.487 e. The van der Waals surface area contributed by atoms with Crippen molar-refractivity contribution in [3.05, 3.63) is 36.2 Å². The third kappa shape index (κ3) is 15.1. The first-order valence-electron chi connectivity index (χ1n) is 29.6. The summed E-state index contributed by atoms with van der Waals surface area (Å²) >= 11 is 0. The molecule has 0 amide bonds. The second kappa shape index (κ2) is 31.4. The fourth-order valence-electron chi connectivity index (χ4n) is 12.0. The highest BCUT2D eigenvalue weighted by molar-refractivity contribution is 5.33. The number of nitrogens with zero attached hydrogens (tertiary/aromatic N) is 3. The number of aliphatic hydroxyl groups excluding tert-OH is 20. The predicted octanol–water partition coefficient (Wildman–Crippen LogP) is -13.3. The maximum atomic E-state index is 12.0. The van der Waals surface area contributed by atoms with E-state index in [1.54, 1.807) is 24.3 Å². The summed E-state index contributed by atoms with van der Waals surface area (Å²) in [5, 5.41) is 233. The van der Waals surface area contributed by atoms with E-state index in [9.17, 15) is 102 Å². The predicted molar refractivity (Wildman–Crippen MR) is 286 cm³/mol. The molecule has 20 N–H and O–H groups in total. The van der Waals surface area contributed by atoms with Gasteiger partial charge in [-0.1, -0.05) is 17.2 Å². The second-order valence-electron chi connectivity index (χ2n) is 23.2. The van der Waals surface area contributed by atoms with Crippen molar-refractivity contribution in [1.82, 2.24) is 15.0 Å². The van der Waals surface area contributed by atoms with Gasteiger partial charge in [0.15, 0.2) is 44.0 Å². The molecule has 2 aromatic rings. The minimum atomic E-state index is -2.25. The monoisotopic (exact) mass is 1350 g/mol. The summed E-state index contributed by atoms with van der Waals surface area (Å²) in [4.78, 5) is 0. The Bertz CT molecular complexity index is 2690. The molecule has 0 spiro atoms. The average Bonchev–Trinajstić information content (AvgIpc) is 1.08. The number of hydrogen-bond donors (Lipinski definition) is 20. The van der Waals surface area contributed by atoms with Gasteiger partial charge >= 0.3 is 0 Å². The molecule has 526 valence electrons. The van der Waals surface area contributed by atoms with Crippen LogP contribution in [0, 0.1) is 12.3 Å². The van der Waals surface area contributed by atoms with Crippen molar-refractivity contribution in [1.29, 1.82) is 0 Å². The van der Waals surface area contributed by atoms with E-state index in [2.05, 4.69) is 16.2 Å². The van der Waals surface area contributed by atoms with Gasteiger partial charge in [-0.15, -0.1) is 11.5 Å². The molecule has 21 fully saturated rings. The number of terminal acetylenes is 1. The van der Waals surface area contributed by atoms with Crippen LogP contribution in [0.4, 0.5) is 0 Å². The Balaban J connectivity index is 0.941. The normalized spacial score (nSPS) is 47.7. The van der Waals surface area contributed by atoms with Gasteiger partial charge in [-0.05, 0) is 12.1 Å². The van der Waals surface area contributed by atoms with Gasteiger partial charge in [-0.2, -0.15) is 0 Å². The molecule has 14 bridgehead atoms. The number of rotatable bonds is 13. The van der Waals surface area contributed by atoms with E-state index in [-0.39, 0.29) is 18.9 Å². The van der Waals surface area contributed by atoms with Gasteiger partial charge < -0.3 is 178 Å². The van der Waals surface area contributed by atoms with Crippen LogP contribution < -0.4 is 9.47 Å². The van der Waals surface area contributed by atoms with Crippen molar-refractivity contribution in [2.75, 3.05) is 46.2 Å². The summed E-state index contributed by atoms with van der Waals surface area (Å²) in [6.07, 6.45) is -64.4. The first-order valence-corrected chi connectivity index (χ1v) is 29.6. The fraction of sp³-hybridized carbons (Fsp3) is 0.815. The quantitative estimate of drug-likeness (QED) is 0.0828. The molecule has 1 aromatic carbocycles. The van der Waals surface area contributed by atoms with E-state index in [0.29, 0.717) is 11.5 Å². The van der Waals surface area contributed by atoms with E-state index in [0.717, 1.165) is 4.68 Å². The molecule has 0 radical (unpaired) electrons. The van der Waals surface area contributed by atoms with Crippen LogP contribution in [0.1, 0.15) is 5.69 Å². The zero-order chi connectivity index (χ0) is 66.9. The summed E-state index contributed by atoms with van der Waals surface area (Å²) in [5.74, 6) is 3.10. The first-order chi connectivity index (χ1) is 44.6. The number of aromatic nitrogens is 3. The van der Waals surface area contributed by atoms with Gasteiger partial charge in [0.1, 0.15) is 201 Å². The largest absolute Gasteiger partial charge is 0.487 e. The lowest BCUT2D eigenvalue weighted by Crippen LogP contribution is -2.68. The van der Waals surface area contributed by atoms with Gasteiger partial charge in [0.2, 0.25) is 0 Å². The number of aliphatic hydroxyl groups is 20. The maximum absolute atomic E-state index is 12.0. The van der Waals surface area contributed by atoms with Crippen molar-refractivity contribution in [3.63, 3.8) is 0 Å². The fourth-order valence-corrected chi connectivity index (χ4v) is 12.0. The van der Waals surface area contributed by atoms with Gasteiger partial charge in [-0.25, -0.2) is 4.68 Å². The van der Waals surface area contributed by atoms with Crippen LogP contribution in [0.25, 0.3) is 0 Å². The molecular formula is C54H79N3O36. The zero-order valence-electron chi connectivity index (χ0n) is 48.9. The van der Waals surface area contributed by atoms with Gasteiger partial charge in [-0.3, -0.25) is 0 Å². The molecule has 22 heterocycles. The van der Waals surface area contributed by atoms with Crippen LogP contribution in [0.5, 0.6) is 11.5 Å². The van der Waals surface area contributed by atoms with Crippen molar-refractivity contribution in [2.45, 2.75) is 228 Å². The number of hydrogen-bond acceptors (Lipinski definition) is 38. The van der Waals surface area contributed by atoms with Gasteiger partial charge in [0.05, 0.1) is 52.4 Å². The number of benzene rings is 1. The van der Waals surface area contributed by atoms with E-state index in [1.807, 2.05) is 0 Å². The lowest BCUT2D eigenvalue weighted by atomic mass is 9.95. The molecule has 0 unspecified atom stereocenters. The van der Waals surface area contributed by atoms with Crippen molar-refractivity contribution < 1.29 is 178 Å².